The van der Waals surface area contributed by atoms with E-state index in [0.29, 0.717) is 23.4 Å². The number of hydrogen-bond acceptors (Lipinski definition) is 3. The monoisotopic (exact) mass is 369 g/mol. The molecule has 2 rings (SSSR count). The van der Waals surface area contributed by atoms with Gasteiger partial charge in [0.2, 0.25) is 0 Å². The van der Waals surface area contributed by atoms with Crippen LogP contribution in [0.1, 0.15) is 27.9 Å². The fourth-order valence-corrected chi connectivity index (χ4v) is 2.57. The summed E-state index contributed by atoms with van der Waals surface area (Å²) in [6.07, 6.45) is 0.431. The average Bonchev–Trinajstić information content (AvgIpc) is 2.59. The number of benzene rings is 2. The normalized spacial score (nSPS) is 10.2. The second-order valence-corrected chi connectivity index (χ2v) is 6.40. The molecular weight excluding hydrogens is 346 g/mol. The fraction of sp³-hybridized carbons (Fsp3) is 0.250. The summed E-state index contributed by atoms with van der Waals surface area (Å²) in [6, 6.07) is 11.7. The topological polar surface area (TPSA) is 98.7 Å². The number of rotatable bonds is 6. The SMILES string of the molecule is Cc1cc(NC(=O)Nc2cccc(CCC(=O)O)c2)ccc1C(=O)N(C)C. The molecule has 0 radical (unpaired) electrons. The Labute approximate surface area is 158 Å². The van der Waals surface area contributed by atoms with Crippen LogP contribution >= 0.6 is 0 Å². The second-order valence-electron chi connectivity index (χ2n) is 6.40. The molecule has 7 heteroatoms. The molecule has 0 aliphatic rings. The molecule has 3 amide bonds. The number of hydrogen-bond donors (Lipinski definition) is 3. The van der Waals surface area contributed by atoms with E-state index >= 15 is 0 Å². The second kappa shape index (κ2) is 8.84. The van der Waals surface area contributed by atoms with Gasteiger partial charge in [0.1, 0.15) is 0 Å². The number of carbonyl (C=O) groups excluding carboxylic acids is 2. The van der Waals surface area contributed by atoms with Gasteiger partial charge in [0, 0.05) is 37.5 Å². The minimum atomic E-state index is -0.863. The Morgan fingerprint density at radius 2 is 1.67 bits per heavy atom. The smallest absolute Gasteiger partial charge is 0.323 e. The summed E-state index contributed by atoms with van der Waals surface area (Å²) in [7, 11) is 3.37. The summed E-state index contributed by atoms with van der Waals surface area (Å²) in [5, 5.41) is 14.2. The number of aryl methyl sites for hydroxylation is 2. The van der Waals surface area contributed by atoms with Crippen molar-refractivity contribution in [2.75, 3.05) is 24.7 Å². The molecule has 0 aliphatic heterocycles. The third-order valence-electron chi connectivity index (χ3n) is 3.93. The summed E-state index contributed by atoms with van der Waals surface area (Å²) in [5.41, 5.74) is 3.32. The molecule has 0 unspecified atom stereocenters. The zero-order valence-corrected chi connectivity index (χ0v) is 15.6. The number of nitrogens with zero attached hydrogens (tertiary/aromatic N) is 1. The van der Waals surface area contributed by atoms with Crippen LogP contribution in [0.2, 0.25) is 0 Å². The Balaban J connectivity index is 2.01. The van der Waals surface area contributed by atoms with E-state index in [1.807, 2.05) is 13.0 Å². The van der Waals surface area contributed by atoms with Crippen LogP contribution in [0.5, 0.6) is 0 Å². The maximum absolute atomic E-state index is 12.2. The molecule has 0 bridgehead atoms. The van der Waals surface area contributed by atoms with Crippen LogP contribution in [0.15, 0.2) is 42.5 Å². The number of nitrogens with one attached hydrogen (secondary N) is 2. The first-order valence-corrected chi connectivity index (χ1v) is 8.47. The third kappa shape index (κ3) is 5.85. The van der Waals surface area contributed by atoms with Gasteiger partial charge in [-0.05, 0) is 54.8 Å². The predicted octanol–water partition coefficient (Wildman–Crippen LogP) is 3.36. The molecule has 7 nitrogen and oxygen atoms in total. The zero-order chi connectivity index (χ0) is 20.0. The molecule has 0 aromatic heterocycles. The molecule has 0 saturated carbocycles. The maximum atomic E-state index is 12.2. The highest BCUT2D eigenvalue weighted by Crippen LogP contribution is 2.17. The molecule has 0 atom stereocenters. The molecule has 27 heavy (non-hydrogen) atoms. The quantitative estimate of drug-likeness (QED) is 0.727. The van der Waals surface area contributed by atoms with Gasteiger partial charge in [0.15, 0.2) is 0 Å². The highest BCUT2D eigenvalue weighted by molar-refractivity contribution is 6.01. The average molecular weight is 369 g/mol. The first kappa shape index (κ1) is 20.0. The Hall–Kier alpha value is -3.35. The Bertz CT molecular complexity index is 862. The largest absolute Gasteiger partial charge is 0.481 e. The molecule has 142 valence electrons. The van der Waals surface area contributed by atoms with Crippen LogP contribution in [0, 0.1) is 6.92 Å². The zero-order valence-electron chi connectivity index (χ0n) is 15.6. The number of carboxylic acids is 1. The molecule has 0 spiro atoms. The Morgan fingerprint density at radius 1 is 1.00 bits per heavy atom. The van der Waals surface area contributed by atoms with Gasteiger partial charge in [-0.25, -0.2) is 4.79 Å². The summed E-state index contributed by atoms with van der Waals surface area (Å²) in [4.78, 5) is 36.4. The lowest BCUT2D eigenvalue weighted by Crippen LogP contribution is -2.23. The predicted molar refractivity (Wildman–Crippen MR) is 104 cm³/mol. The number of aliphatic carboxylic acids is 1. The van der Waals surface area contributed by atoms with E-state index in [2.05, 4.69) is 10.6 Å². The van der Waals surface area contributed by atoms with E-state index in [4.69, 9.17) is 5.11 Å². The molecular formula is C20H23N3O4. The van der Waals surface area contributed by atoms with Crippen LogP contribution in [0.4, 0.5) is 16.2 Å². The van der Waals surface area contributed by atoms with E-state index in [0.717, 1.165) is 11.1 Å². The van der Waals surface area contributed by atoms with Crippen LogP contribution in [0.3, 0.4) is 0 Å². The lowest BCUT2D eigenvalue weighted by molar-refractivity contribution is -0.136. The van der Waals surface area contributed by atoms with E-state index in [9.17, 15) is 14.4 Å². The molecule has 0 heterocycles. The number of carboxylic acid groups (broad SMARTS) is 1. The van der Waals surface area contributed by atoms with Gasteiger partial charge in [-0.2, -0.15) is 0 Å². The highest BCUT2D eigenvalue weighted by Gasteiger charge is 2.12. The van der Waals surface area contributed by atoms with Gasteiger partial charge < -0.3 is 20.6 Å². The Morgan fingerprint density at radius 3 is 2.26 bits per heavy atom. The van der Waals surface area contributed by atoms with Crippen molar-refractivity contribution in [2.24, 2.45) is 0 Å². The van der Waals surface area contributed by atoms with Gasteiger partial charge in [0.25, 0.3) is 5.91 Å². The van der Waals surface area contributed by atoms with Gasteiger partial charge in [-0.1, -0.05) is 12.1 Å². The number of urea groups is 1. The minimum absolute atomic E-state index is 0.0347. The van der Waals surface area contributed by atoms with Crippen LogP contribution in [-0.4, -0.2) is 42.0 Å². The van der Waals surface area contributed by atoms with Crippen molar-refractivity contribution >= 4 is 29.3 Å². The van der Waals surface area contributed by atoms with Crippen molar-refractivity contribution in [2.45, 2.75) is 19.8 Å². The van der Waals surface area contributed by atoms with Crippen LogP contribution < -0.4 is 10.6 Å². The first-order valence-electron chi connectivity index (χ1n) is 8.47. The van der Waals surface area contributed by atoms with Gasteiger partial charge in [0.05, 0.1) is 0 Å². The van der Waals surface area contributed by atoms with Gasteiger partial charge in [-0.15, -0.1) is 0 Å². The Kier molecular flexibility index (Phi) is 6.54. The summed E-state index contributed by atoms with van der Waals surface area (Å²) >= 11 is 0. The van der Waals surface area contributed by atoms with E-state index < -0.39 is 12.0 Å². The van der Waals surface area contributed by atoms with E-state index in [-0.39, 0.29) is 12.3 Å². The number of amides is 3. The van der Waals surface area contributed by atoms with Crippen LogP contribution in [-0.2, 0) is 11.2 Å². The number of carbonyl (C=O) groups is 3. The first-order chi connectivity index (χ1) is 12.8. The third-order valence-corrected chi connectivity index (χ3v) is 3.93. The lowest BCUT2D eigenvalue weighted by atomic mass is 10.1. The van der Waals surface area contributed by atoms with E-state index in [1.165, 1.54) is 4.90 Å². The summed E-state index contributed by atoms with van der Waals surface area (Å²) < 4.78 is 0. The summed E-state index contributed by atoms with van der Waals surface area (Å²) in [5.74, 6) is -0.959. The lowest BCUT2D eigenvalue weighted by Gasteiger charge is -2.14. The van der Waals surface area contributed by atoms with Crippen molar-refractivity contribution in [3.8, 4) is 0 Å². The molecule has 0 saturated heterocycles. The van der Waals surface area contributed by atoms with Gasteiger partial charge >= 0.3 is 12.0 Å². The summed E-state index contributed by atoms with van der Waals surface area (Å²) in [6.45, 7) is 1.81. The van der Waals surface area contributed by atoms with Crippen molar-refractivity contribution in [1.82, 2.24) is 4.90 Å². The van der Waals surface area contributed by atoms with Crippen molar-refractivity contribution in [3.63, 3.8) is 0 Å². The molecule has 2 aromatic rings. The van der Waals surface area contributed by atoms with E-state index in [1.54, 1.807) is 50.5 Å². The van der Waals surface area contributed by atoms with Crippen molar-refractivity contribution in [3.05, 3.63) is 59.2 Å². The molecule has 2 aromatic carbocycles. The van der Waals surface area contributed by atoms with Crippen molar-refractivity contribution < 1.29 is 19.5 Å². The van der Waals surface area contributed by atoms with Gasteiger partial charge in [-0.3, -0.25) is 9.59 Å². The molecule has 3 N–H and O–H groups in total. The highest BCUT2D eigenvalue weighted by atomic mass is 16.4. The molecule has 0 fully saturated rings. The maximum Gasteiger partial charge on any atom is 0.323 e. The standard InChI is InChI=1S/C20H23N3O4/c1-13-11-16(8-9-17(13)19(26)23(2)3)22-20(27)21-15-6-4-5-14(12-15)7-10-18(24)25/h4-6,8-9,11-12H,7,10H2,1-3H3,(H,24,25)(H2,21,22,27). The van der Waals surface area contributed by atoms with Crippen LogP contribution in [0.25, 0.3) is 0 Å². The molecule has 0 aliphatic carbocycles. The van der Waals surface area contributed by atoms with Crippen molar-refractivity contribution in [1.29, 1.82) is 0 Å². The number of anilines is 2. The minimum Gasteiger partial charge on any atom is -0.481 e. The fourth-order valence-electron chi connectivity index (χ4n) is 2.57.